The van der Waals surface area contributed by atoms with Crippen LogP contribution in [0, 0.1) is 13.8 Å². The number of hydrogen-bond acceptors (Lipinski definition) is 0. The minimum absolute atomic E-state index is 0. The number of hydrogen-bond donors (Lipinski definition) is 0. The fourth-order valence-corrected chi connectivity index (χ4v) is 9.39. The Morgan fingerprint density at radius 3 is 1.11 bits per heavy atom. The average molecular weight is 845 g/mol. The maximum absolute atomic E-state index is 2.40. The van der Waals surface area contributed by atoms with E-state index < -0.39 is 0 Å². The molecule has 2 heteroatoms. The molecular formula is C62H72N2. The van der Waals surface area contributed by atoms with Crippen molar-refractivity contribution in [1.82, 2.24) is 9.13 Å². The van der Waals surface area contributed by atoms with Crippen LogP contribution in [-0.4, -0.2) is 9.13 Å². The van der Waals surface area contributed by atoms with Gasteiger partial charge in [0.15, 0.2) is 0 Å². The summed E-state index contributed by atoms with van der Waals surface area (Å²) in [6.45, 7) is 9.06. The molecule has 2 heterocycles. The number of para-hydroxylation sites is 2. The Bertz CT molecular complexity index is 2960. The maximum atomic E-state index is 2.40. The van der Waals surface area contributed by atoms with Crippen molar-refractivity contribution in [3.05, 3.63) is 204 Å². The van der Waals surface area contributed by atoms with Crippen LogP contribution >= 0.6 is 0 Å². The number of benzene rings is 8. The van der Waals surface area contributed by atoms with E-state index in [4.69, 9.17) is 0 Å². The predicted octanol–water partition coefficient (Wildman–Crippen LogP) is 19.3. The molecule has 0 aliphatic heterocycles. The summed E-state index contributed by atoms with van der Waals surface area (Å²) >= 11 is 0. The standard InChI is InChI=1S/C56H48N2.6CH4/c1-5-40(42-20-22-44(23-21-42)46-26-30-48(31-27-46)58-55-32-14-37(2)34-51(55)52-35-38(3)15-33-56(52)58)36-39(4)41-16-18-43(19-17-41)45-24-28-47(29-25-45)57-53-12-8-6-10-49(53)50-11-7-9-13-54(50)57;;;;;;/h6-35,39-40H,5,36H2,1-4H3;6*1H4. The van der Waals surface area contributed by atoms with Gasteiger partial charge in [-0.25, -0.2) is 0 Å². The molecule has 2 nitrogen and oxygen atoms in total. The summed E-state index contributed by atoms with van der Waals surface area (Å²) in [5.74, 6) is 0.958. The van der Waals surface area contributed by atoms with Gasteiger partial charge in [-0.2, -0.15) is 0 Å². The van der Waals surface area contributed by atoms with E-state index in [1.54, 1.807) is 0 Å². The SMILES string of the molecule is C.C.C.C.C.C.CCC(CC(C)c1ccc(-c2ccc(-n3c4ccccc4c4ccccc43)cc2)cc1)c1ccc(-c2ccc(-n3c4ccc(C)cc4c4cc(C)ccc43)cc2)cc1. The fourth-order valence-electron chi connectivity index (χ4n) is 9.39. The van der Waals surface area contributed by atoms with Gasteiger partial charge in [0.05, 0.1) is 22.1 Å². The summed E-state index contributed by atoms with van der Waals surface area (Å²) in [4.78, 5) is 0. The summed E-state index contributed by atoms with van der Waals surface area (Å²) in [5, 5.41) is 5.20. The van der Waals surface area contributed by atoms with Crippen molar-refractivity contribution in [2.45, 2.75) is 96.9 Å². The van der Waals surface area contributed by atoms with Crippen molar-refractivity contribution in [1.29, 1.82) is 0 Å². The van der Waals surface area contributed by atoms with Crippen LogP contribution in [0.15, 0.2) is 182 Å². The lowest BCUT2D eigenvalue weighted by Gasteiger charge is -2.21. The molecule has 0 aliphatic rings. The Balaban J connectivity index is 0.00000150. The van der Waals surface area contributed by atoms with Crippen molar-refractivity contribution in [3.63, 3.8) is 0 Å². The van der Waals surface area contributed by atoms with E-state index in [0.29, 0.717) is 11.8 Å². The Hall–Kier alpha value is -6.64. The van der Waals surface area contributed by atoms with Crippen molar-refractivity contribution >= 4 is 43.6 Å². The van der Waals surface area contributed by atoms with Crippen LogP contribution in [0.4, 0.5) is 0 Å². The molecule has 8 aromatic carbocycles. The largest absolute Gasteiger partial charge is 0.309 e. The second-order valence-electron chi connectivity index (χ2n) is 16.3. The van der Waals surface area contributed by atoms with Crippen molar-refractivity contribution in [3.8, 4) is 33.6 Å². The van der Waals surface area contributed by atoms with Gasteiger partial charge >= 0.3 is 0 Å². The molecule has 0 aliphatic carbocycles. The minimum Gasteiger partial charge on any atom is -0.309 e. The number of nitrogens with zero attached hydrogens (tertiary/aromatic N) is 2. The second kappa shape index (κ2) is 20.7. The second-order valence-corrected chi connectivity index (χ2v) is 16.3. The van der Waals surface area contributed by atoms with E-state index in [1.165, 1.54) is 99.5 Å². The third-order valence-corrected chi connectivity index (χ3v) is 12.6. The summed E-state index contributed by atoms with van der Waals surface area (Å²) in [7, 11) is 0. The van der Waals surface area contributed by atoms with Gasteiger partial charge in [0.2, 0.25) is 0 Å². The first-order valence-electron chi connectivity index (χ1n) is 20.8. The van der Waals surface area contributed by atoms with E-state index in [2.05, 4.69) is 219 Å². The normalized spacial score (nSPS) is 11.6. The van der Waals surface area contributed by atoms with Crippen LogP contribution in [0.3, 0.4) is 0 Å². The summed E-state index contributed by atoms with van der Waals surface area (Å²) in [5.41, 5.74) is 17.7. The monoisotopic (exact) mass is 845 g/mol. The van der Waals surface area contributed by atoms with Crippen LogP contribution in [0.1, 0.15) is 105 Å². The van der Waals surface area contributed by atoms with Gasteiger partial charge in [-0.15, -0.1) is 0 Å². The highest BCUT2D eigenvalue weighted by atomic mass is 15.0. The molecule has 0 fully saturated rings. The van der Waals surface area contributed by atoms with Crippen molar-refractivity contribution in [2.24, 2.45) is 0 Å². The molecule has 64 heavy (non-hydrogen) atoms. The van der Waals surface area contributed by atoms with E-state index in [0.717, 1.165) is 12.8 Å². The summed E-state index contributed by atoms with van der Waals surface area (Å²) < 4.78 is 4.78. The first-order valence-corrected chi connectivity index (χ1v) is 20.8. The molecule has 2 unspecified atom stereocenters. The van der Waals surface area contributed by atoms with Crippen LogP contribution < -0.4 is 0 Å². The molecule has 330 valence electrons. The Kier molecular flexibility index (Phi) is 16.2. The summed E-state index contributed by atoms with van der Waals surface area (Å²) in [6.07, 6.45) is 2.24. The van der Waals surface area contributed by atoms with E-state index in [-0.39, 0.29) is 44.6 Å². The molecule has 2 aromatic heterocycles. The van der Waals surface area contributed by atoms with Gasteiger partial charge in [0, 0.05) is 32.9 Å². The molecule has 0 radical (unpaired) electrons. The molecule has 10 rings (SSSR count). The third kappa shape index (κ3) is 8.93. The molecule has 0 amide bonds. The van der Waals surface area contributed by atoms with Gasteiger partial charge in [-0.3, -0.25) is 0 Å². The topological polar surface area (TPSA) is 9.86 Å². The maximum Gasteiger partial charge on any atom is 0.0541 e. The highest BCUT2D eigenvalue weighted by molar-refractivity contribution is 6.10. The first kappa shape index (κ1) is 50.0. The molecule has 0 saturated heterocycles. The fraction of sp³-hybridized carbons (Fsp3) is 0.226. The quantitative estimate of drug-likeness (QED) is 0.137. The number of fused-ring (bicyclic) bond motifs is 6. The van der Waals surface area contributed by atoms with E-state index in [9.17, 15) is 0 Å². The van der Waals surface area contributed by atoms with Crippen molar-refractivity contribution < 1.29 is 0 Å². The predicted molar refractivity (Wildman–Crippen MR) is 288 cm³/mol. The highest BCUT2D eigenvalue weighted by Gasteiger charge is 2.17. The lowest BCUT2D eigenvalue weighted by atomic mass is 9.84. The van der Waals surface area contributed by atoms with Gasteiger partial charge in [0.1, 0.15) is 0 Å². The summed E-state index contributed by atoms with van der Waals surface area (Å²) in [6, 6.07) is 67.7. The van der Waals surface area contributed by atoms with E-state index >= 15 is 0 Å². The lowest BCUT2D eigenvalue weighted by Crippen LogP contribution is -2.04. The molecule has 0 bridgehead atoms. The van der Waals surface area contributed by atoms with Gasteiger partial charge in [-0.1, -0.05) is 191 Å². The molecule has 0 spiro atoms. The average Bonchev–Trinajstić information content (AvgIpc) is 3.78. The van der Waals surface area contributed by atoms with E-state index in [1.807, 2.05) is 0 Å². The highest BCUT2D eigenvalue weighted by Crippen LogP contribution is 2.37. The Morgan fingerprint density at radius 1 is 0.375 bits per heavy atom. The smallest absolute Gasteiger partial charge is 0.0541 e. The van der Waals surface area contributed by atoms with Crippen LogP contribution in [0.25, 0.3) is 77.2 Å². The van der Waals surface area contributed by atoms with Gasteiger partial charge < -0.3 is 9.13 Å². The van der Waals surface area contributed by atoms with Crippen LogP contribution in [0.2, 0.25) is 0 Å². The Morgan fingerprint density at radius 2 is 0.719 bits per heavy atom. The number of aryl methyl sites for hydroxylation is 2. The minimum atomic E-state index is 0. The molecule has 10 aromatic rings. The molecule has 2 atom stereocenters. The Labute approximate surface area is 385 Å². The zero-order chi connectivity index (χ0) is 39.3. The van der Waals surface area contributed by atoms with Gasteiger partial charge in [0.25, 0.3) is 0 Å². The van der Waals surface area contributed by atoms with Crippen molar-refractivity contribution in [2.75, 3.05) is 0 Å². The zero-order valence-electron chi connectivity index (χ0n) is 33.8. The molecule has 0 saturated carbocycles. The first-order chi connectivity index (χ1) is 28.4. The van der Waals surface area contributed by atoms with Gasteiger partial charge in [-0.05, 0) is 133 Å². The molecule has 0 N–H and O–H groups in total. The lowest BCUT2D eigenvalue weighted by molar-refractivity contribution is 0.544. The van der Waals surface area contributed by atoms with Crippen LogP contribution in [-0.2, 0) is 0 Å². The number of rotatable bonds is 9. The van der Waals surface area contributed by atoms with Crippen LogP contribution in [0.5, 0.6) is 0 Å². The number of aromatic nitrogens is 2. The molecular weight excluding hydrogens is 773 g/mol. The zero-order valence-corrected chi connectivity index (χ0v) is 33.8. The third-order valence-electron chi connectivity index (χ3n) is 12.6.